The molecule has 1 N–H and O–H groups in total. The van der Waals surface area contributed by atoms with E-state index in [2.05, 4.69) is 5.32 Å². The Labute approximate surface area is 170 Å². The quantitative estimate of drug-likeness (QED) is 0.739. The molecule has 0 saturated carbocycles. The number of halogens is 1. The van der Waals surface area contributed by atoms with Gasteiger partial charge in [0.25, 0.3) is 0 Å². The van der Waals surface area contributed by atoms with Crippen molar-refractivity contribution in [3.8, 4) is 0 Å². The number of rotatable bonds is 8. The average Bonchev–Trinajstić information content (AvgIpc) is 3.27. The van der Waals surface area contributed by atoms with Crippen LogP contribution in [0.5, 0.6) is 0 Å². The minimum Gasteiger partial charge on any atom is -0.376 e. The third kappa shape index (κ3) is 5.64. The zero-order valence-electron chi connectivity index (χ0n) is 16.6. The summed E-state index contributed by atoms with van der Waals surface area (Å²) in [6.07, 6.45) is 2.20. The van der Waals surface area contributed by atoms with E-state index < -0.39 is 6.04 Å². The Bertz CT molecular complexity index is 805. The summed E-state index contributed by atoms with van der Waals surface area (Å²) in [6.45, 7) is 3.13. The van der Waals surface area contributed by atoms with Crippen LogP contribution >= 0.6 is 0 Å². The highest BCUT2D eigenvalue weighted by Crippen LogP contribution is 2.25. The number of amides is 2. The molecule has 0 aliphatic carbocycles. The molecule has 29 heavy (non-hydrogen) atoms. The van der Waals surface area contributed by atoms with Gasteiger partial charge in [-0.2, -0.15) is 0 Å². The maximum absolute atomic E-state index is 13.3. The molecule has 6 heteroatoms. The molecular weight excluding hydrogens is 371 g/mol. The van der Waals surface area contributed by atoms with Crippen LogP contribution in [0.15, 0.2) is 54.6 Å². The summed E-state index contributed by atoms with van der Waals surface area (Å²) in [5, 5.41) is 2.96. The van der Waals surface area contributed by atoms with Gasteiger partial charge in [-0.15, -0.1) is 0 Å². The zero-order valence-corrected chi connectivity index (χ0v) is 16.6. The number of hydrogen-bond acceptors (Lipinski definition) is 3. The van der Waals surface area contributed by atoms with Crippen molar-refractivity contribution >= 4 is 11.8 Å². The molecule has 2 amide bonds. The lowest BCUT2D eigenvalue weighted by Crippen LogP contribution is -2.44. The Kier molecular flexibility index (Phi) is 7.36. The summed E-state index contributed by atoms with van der Waals surface area (Å²) in [5.41, 5.74) is 1.50. The first-order valence-corrected chi connectivity index (χ1v) is 10.1. The fourth-order valence-electron chi connectivity index (χ4n) is 3.54. The van der Waals surface area contributed by atoms with Crippen molar-refractivity contribution in [2.75, 3.05) is 13.2 Å². The Morgan fingerprint density at radius 3 is 2.52 bits per heavy atom. The lowest BCUT2D eigenvalue weighted by Gasteiger charge is -2.31. The minimum atomic E-state index is -0.768. The van der Waals surface area contributed by atoms with Crippen LogP contribution in [-0.4, -0.2) is 36.0 Å². The molecule has 0 spiro atoms. The van der Waals surface area contributed by atoms with E-state index in [0.29, 0.717) is 13.2 Å². The predicted octanol–water partition coefficient (Wildman–Crippen LogP) is 3.60. The molecule has 2 aromatic carbocycles. The van der Waals surface area contributed by atoms with E-state index in [0.717, 1.165) is 24.0 Å². The Hall–Kier alpha value is -2.73. The first-order valence-electron chi connectivity index (χ1n) is 10.1. The molecule has 0 aromatic heterocycles. The second kappa shape index (κ2) is 10.2. The van der Waals surface area contributed by atoms with Gasteiger partial charge >= 0.3 is 0 Å². The average molecular weight is 398 g/mol. The second-order valence-corrected chi connectivity index (χ2v) is 7.20. The van der Waals surface area contributed by atoms with Crippen molar-refractivity contribution < 1.29 is 18.7 Å². The topological polar surface area (TPSA) is 58.6 Å². The Balaban J connectivity index is 1.86. The van der Waals surface area contributed by atoms with Crippen molar-refractivity contribution in [1.82, 2.24) is 10.2 Å². The number of nitrogens with one attached hydrogen (secondary N) is 1. The third-order valence-electron chi connectivity index (χ3n) is 5.09. The van der Waals surface area contributed by atoms with E-state index >= 15 is 0 Å². The smallest absolute Gasteiger partial charge is 0.247 e. The number of nitrogens with zero attached hydrogens (tertiary/aromatic N) is 1. The standard InChI is InChI=1S/C23H27FN2O3/c1-2-21(27)26(16-17-10-12-19(24)13-11-17)22(18-7-4-3-5-8-18)23(28)25-15-20-9-6-14-29-20/h3-5,7-8,10-13,20,22H,2,6,9,14-16H2,1H3,(H,25,28). The van der Waals surface area contributed by atoms with Gasteiger partial charge in [-0.05, 0) is 36.1 Å². The molecule has 2 unspecified atom stereocenters. The number of ether oxygens (including phenoxy) is 1. The van der Waals surface area contributed by atoms with Gasteiger partial charge in [0.2, 0.25) is 11.8 Å². The van der Waals surface area contributed by atoms with Gasteiger partial charge in [-0.3, -0.25) is 9.59 Å². The molecule has 1 heterocycles. The van der Waals surface area contributed by atoms with Crippen LogP contribution in [0.4, 0.5) is 4.39 Å². The maximum Gasteiger partial charge on any atom is 0.247 e. The largest absolute Gasteiger partial charge is 0.376 e. The first-order chi connectivity index (χ1) is 14.1. The van der Waals surface area contributed by atoms with Gasteiger partial charge in [0, 0.05) is 26.1 Å². The van der Waals surface area contributed by atoms with Crippen molar-refractivity contribution in [1.29, 1.82) is 0 Å². The lowest BCUT2D eigenvalue weighted by atomic mass is 10.0. The number of hydrogen-bond donors (Lipinski definition) is 1. The molecule has 1 fully saturated rings. The monoisotopic (exact) mass is 398 g/mol. The first kappa shape index (κ1) is 21.0. The van der Waals surface area contributed by atoms with Gasteiger partial charge < -0.3 is 15.0 Å². The number of benzene rings is 2. The van der Waals surface area contributed by atoms with Crippen LogP contribution in [0.3, 0.4) is 0 Å². The van der Waals surface area contributed by atoms with E-state index in [1.807, 2.05) is 30.3 Å². The second-order valence-electron chi connectivity index (χ2n) is 7.20. The van der Waals surface area contributed by atoms with Crippen LogP contribution < -0.4 is 5.32 Å². The van der Waals surface area contributed by atoms with E-state index in [1.54, 1.807) is 24.0 Å². The highest BCUT2D eigenvalue weighted by molar-refractivity contribution is 5.88. The molecule has 1 saturated heterocycles. The fraction of sp³-hybridized carbons (Fsp3) is 0.391. The Morgan fingerprint density at radius 1 is 1.17 bits per heavy atom. The van der Waals surface area contributed by atoms with Gasteiger partial charge in [0.1, 0.15) is 11.9 Å². The van der Waals surface area contributed by atoms with E-state index in [9.17, 15) is 14.0 Å². The summed E-state index contributed by atoms with van der Waals surface area (Å²) in [6, 6.07) is 14.5. The summed E-state index contributed by atoms with van der Waals surface area (Å²) >= 11 is 0. The minimum absolute atomic E-state index is 0.0165. The van der Waals surface area contributed by atoms with Gasteiger partial charge in [0.15, 0.2) is 0 Å². The highest BCUT2D eigenvalue weighted by atomic mass is 19.1. The van der Waals surface area contributed by atoms with Crippen molar-refractivity contribution in [2.24, 2.45) is 0 Å². The lowest BCUT2D eigenvalue weighted by molar-refractivity contribution is -0.141. The molecular formula is C23H27FN2O3. The number of carbonyl (C=O) groups excluding carboxylic acids is 2. The summed E-state index contributed by atoms with van der Waals surface area (Å²) < 4.78 is 18.9. The molecule has 3 rings (SSSR count). The van der Waals surface area contributed by atoms with Crippen LogP contribution in [0.2, 0.25) is 0 Å². The molecule has 154 valence electrons. The number of carbonyl (C=O) groups is 2. The van der Waals surface area contributed by atoms with Gasteiger partial charge in [-0.25, -0.2) is 4.39 Å². The van der Waals surface area contributed by atoms with Crippen LogP contribution in [0.1, 0.15) is 43.4 Å². The van der Waals surface area contributed by atoms with Gasteiger partial charge in [-0.1, -0.05) is 49.4 Å². The van der Waals surface area contributed by atoms with Crippen LogP contribution in [0.25, 0.3) is 0 Å². The van der Waals surface area contributed by atoms with Crippen molar-refractivity contribution in [3.05, 3.63) is 71.5 Å². The van der Waals surface area contributed by atoms with Crippen molar-refractivity contribution in [3.63, 3.8) is 0 Å². The van der Waals surface area contributed by atoms with Gasteiger partial charge in [0.05, 0.1) is 6.10 Å². The molecule has 0 bridgehead atoms. The normalized spacial score (nSPS) is 17.0. The summed E-state index contributed by atoms with van der Waals surface area (Å²) in [5.74, 6) is -0.720. The predicted molar refractivity (Wildman–Crippen MR) is 108 cm³/mol. The molecule has 2 aromatic rings. The zero-order chi connectivity index (χ0) is 20.6. The maximum atomic E-state index is 13.3. The molecule has 2 atom stereocenters. The highest BCUT2D eigenvalue weighted by Gasteiger charge is 2.31. The summed E-state index contributed by atoms with van der Waals surface area (Å²) in [7, 11) is 0. The van der Waals surface area contributed by atoms with Crippen LogP contribution in [0, 0.1) is 5.82 Å². The molecule has 5 nitrogen and oxygen atoms in total. The molecule has 1 aliphatic rings. The van der Waals surface area contributed by atoms with E-state index in [1.165, 1.54) is 12.1 Å². The van der Waals surface area contributed by atoms with E-state index in [4.69, 9.17) is 4.74 Å². The Morgan fingerprint density at radius 2 is 1.90 bits per heavy atom. The van der Waals surface area contributed by atoms with E-state index in [-0.39, 0.29) is 36.7 Å². The van der Waals surface area contributed by atoms with Crippen molar-refractivity contribution in [2.45, 2.75) is 44.9 Å². The fourth-order valence-corrected chi connectivity index (χ4v) is 3.54. The van der Waals surface area contributed by atoms with Crippen LogP contribution in [-0.2, 0) is 20.9 Å². The molecule has 1 aliphatic heterocycles. The SMILES string of the molecule is CCC(=O)N(Cc1ccc(F)cc1)C(C(=O)NCC1CCCO1)c1ccccc1. The third-order valence-corrected chi connectivity index (χ3v) is 5.09. The summed E-state index contributed by atoms with van der Waals surface area (Å²) in [4.78, 5) is 27.6. The molecule has 0 radical (unpaired) electrons.